The fourth-order valence-corrected chi connectivity index (χ4v) is 3.45. The minimum absolute atomic E-state index is 0.175. The van der Waals surface area contributed by atoms with Crippen LogP contribution < -0.4 is 9.47 Å². The number of halogens is 1. The van der Waals surface area contributed by atoms with Crippen LogP contribution in [0.4, 0.5) is 0 Å². The predicted molar refractivity (Wildman–Crippen MR) is 105 cm³/mol. The molecule has 0 spiro atoms. The molecule has 1 aliphatic rings. The molecule has 0 aliphatic carbocycles. The molecule has 1 saturated heterocycles. The maximum atomic E-state index is 11.6. The van der Waals surface area contributed by atoms with Gasteiger partial charge in [0.2, 0.25) is 0 Å². The maximum Gasteiger partial charge on any atom is 0.310 e. The average molecular weight is 435 g/mol. The van der Waals surface area contributed by atoms with Gasteiger partial charge in [0.15, 0.2) is 0 Å². The molecule has 1 aliphatic heterocycles. The highest BCUT2D eigenvalue weighted by atomic mass is 79.9. The molecule has 0 unspecified atom stereocenters. The molecule has 3 rings (SSSR count). The topological polar surface area (TPSA) is 54.0 Å². The Kier molecular flexibility index (Phi) is 7.12. The second-order valence-corrected chi connectivity index (χ2v) is 7.31. The molecule has 2 aromatic rings. The number of ether oxygens (including phenoxy) is 4. The van der Waals surface area contributed by atoms with Crippen molar-refractivity contribution in [3.63, 3.8) is 0 Å². The molecular formula is C21H23BrO5. The summed E-state index contributed by atoms with van der Waals surface area (Å²) in [6.07, 6.45) is 2.49. The minimum Gasteiger partial charge on any atom is -0.491 e. The summed E-state index contributed by atoms with van der Waals surface area (Å²) in [5.41, 5.74) is 1.77. The number of rotatable bonds is 8. The third-order valence-electron chi connectivity index (χ3n) is 4.32. The molecule has 0 bridgehead atoms. The van der Waals surface area contributed by atoms with Gasteiger partial charge in [0.25, 0.3) is 0 Å². The molecule has 0 saturated carbocycles. The standard InChI is InChI=1S/C21H23BrO5/c1-24-21(23)11-16-5-2-3-7-20(16)27-13-15-9-17(22)12-19(10-15)26-14-18-6-4-8-25-18/h2-3,5,7,9-10,12,18H,4,6,8,11,13-14H2,1H3/t18-/m1/s1. The molecule has 5 nitrogen and oxygen atoms in total. The van der Waals surface area contributed by atoms with Gasteiger partial charge in [0.05, 0.1) is 19.6 Å². The Morgan fingerprint density at radius 3 is 2.85 bits per heavy atom. The number of esters is 1. The first-order valence-corrected chi connectivity index (χ1v) is 9.75. The van der Waals surface area contributed by atoms with E-state index in [0.29, 0.717) is 19.0 Å². The van der Waals surface area contributed by atoms with E-state index in [2.05, 4.69) is 15.9 Å². The average Bonchev–Trinajstić information content (AvgIpc) is 3.19. The van der Waals surface area contributed by atoms with Crippen molar-refractivity contribution in [1.82, 2.24) is 0 Å². The summed E-state index contributed by atoms with van der Waals surface area (Å²) in [5.74, 6) is 1.16. The third-order valence-corrected chi connectivity index (χ3v) is 4.78. The number of benzene rings is 2. The number of carbonyl (C=O) groups is 1. The predicted octanol–water partition coefficient (Wildman–Crippen LogP) is 4.30. The molecule has 0 amide bonds. The van der Waals surface area contributed by atoms with Gasteiger partial charge in [0, 0.05) is 16.6 Å². The largest absolute Gasteiger partial charge is 0.491 e. The van der Waals surface area contributed by atoms with Gasteiger partial charge in [-0.3, -0.25) is 4.79 Å². The van der Waals surface area contributed by atoms with E-state index in [1.54, 1.807) is 0 Å². The van der Waals surface area contributed by atoms with Crippen LogP contribution in [0.15, 0.2) is 46.9 Å². The van der Waals surface area contributed by atoms with E-state index in [1.807, 2.05) is 42.5 Å². The number of carbonyl (C=O) groups excluding carboxylic acids is 1. The zero-order valence-electron chi connectivity index (χ0n) is 15.3. The summed E-state index contributed by atoms with van der Waals surface area (Å²) < 4.78 is 23.1. The zero-order valence-corrected chi connectivity index (χ0v) is 16.9. The van der Waals surface area contributed by atoms with E-state index >= 15 is 0 Å². The van der Waals surface area contributed by atoms with E-state index in [9.17, 15) is 4.79 Å². The molecule has 1 heterocycles. The monoisotopic (exact) mass is 434 g/mol. The van der Waals surface area contributed by atoms with Crippen LogP contribution in [-0.4, -0.2) is 32.4 Å². The van der Waals surface area contributed by atoms with Gasteiger partial charge in [-0.1, -0.05) is 34.1 Å². The van der Waals surface area contributed by atoms with Gasteiger partial charge in [-0.15, -0.1) is 0 Å². The first-order chi connectivity index (χ1) is 13.1. The smallest absolute Gasteiger partial charge is 0.310 e. The summed E-state index contributed by atoms with van der Waals surface area (Å²) in [6.45, 7) is 1.74. The Balaban J connectivity index is 1.63. The van der Waals surface area contributed by atoms with Gasteiger partial charge >= 0.3 is 5.97 Å². The highest BCUT2D eigenvalue weighted by Crippen LogP contribution is 2.25. The van der Waals surface area contributed by atoms with E-state index < -0.39 is 0 Å². The van der Waals surface area contributed by atoms with Crippen LogP contribution in [-0.2, 0) is 27.3 Å². The van der Waals surface area contributed by atoms with Crippen molar-refractivity contribution in [1.29, 1.82) is 0 Å². The Morgan fingerprint density at radius 2 is 2.07 bits per heavy atom. The van der Waals surface area contributed by atoms with Crippen molar-refractivity contribution >= 4 is 21.9 Å². The molecule has 0 aromatic heterocycles. The van der Waals surface area contributed by atoms with Gasteiger partial charge < -0.3 is 18.9 Å². The Morgan fingerprint density at radius 1 is 1.22 bits per heavy atom. The van der Waals surface area contributed by atoms with Crippen LogP contribution in [0.3, 0.4) is 0 Å². The van der Waals surface area contributed by atoms with Crippen LogP contribution in [0.5, 0.6) is 11.5 Å². The molecule has 144 valence electrons. The van der Waals surface area contributed by atoms with Crippen LogP contribution in [0.2, 0.25) is 0 Å². The summed E-state index contributed by atoms with van der Waals surface area (Å²) in [4.78, 5) is 11.6. The van der Waals surface area contributed by atoms with Crippen molar-refractivity contribution in [3.05, 3.63) is 58.1 Å². The van der Waals surface area contributed by atoms with Crippen LogP contribution in [0, 0.1) is 0 Å². The minimum atomic E-state index is -0.293. The summed E-state index contributed by atoms with van der Waals surface area (Å²) >= 11 is 3.52. The zero-order chi connectivity index (χ0) is 19.1. The molecule has 1 atom stereocenters. The van der Waals surface area contributed by atoms with E-state index in [0.717, 1.165) is 40.8 Å². The number of para-hydroxylation sites is 1. The lowest BCUT2D eigenvalue weighted by Gasteiger charge is -2.14. The van der Waals surface area contributed by atoms with Crippen LogP contribution in [0.25, 0.3) is 0 Å². The molecular weight excluding hydrogens is 412 g/mol. The third kappa shape index (κ3) is 5.97. The summed E-state index contributed by atoms with van der Waals surface area (Å²) in [5, 5.41) is 0. The molecule has 6 heteroatoms. The van der Waals surface area contributed by atoms with Gasteiger partial charge in [-0.2, -0.15) is 0 Å². The second kappa shape index (κ2) is 9.76. The Bertz CT molecular complexity index is 771. The van der Waals surface area contributed by atoms with Gasteiger partial charge in [0.1, 0.15) is 24.7 Å². The van der Waals surface area contributed by atoms with Gasteiger partial charge in [-0.25, -0.2) is 0 Å². The Hall–Kier alpha value is -2.05. The molecule has 1 fully saturated rings. The normalized spacial score (nSPS) is 16.1. The first kappa shape index (κ1) is 19.7. The number of methoxy groups -OCH3 is 1. The van der Waals surface area contributed by atoms with Crippen molar-refractivity contribution < 1.29 is 23.7 Å². The highest BCUT2D eigenvalue weighted by molar-refractivity contribution is 9.10. The quantitative estimate of drug-likeness (QED) is 0.579. The van der Waals surface area contributed by atoms with Crippen molar-refractivity contribution in [2.45, 2.75) is 32.0 Å². The fourth-order valence-electron chi connectivity index (χ4n) is 2.93. The second-order valence-electron chi connectivity index (χ2n) is 6.39. The molecule has 0 N–H and O–H groups in total. The maximum absolute atomic E-state index is 11.6. The SMILES string of the molecule is COC(=O)Cc1ccccc1OCc1cc(Br)cc(OC[C@H]2CCCO2)c1. The highest BCUT2D eigenvalue weighted by Gasteiger charge is 2.16. The molecule has 2 aromatic carbocycles. The van der Waals surface area contributed by atoms with Crippen molar-refractivity contribution in [2.24, 2.45) is 0 Å². The summed E-state index contributed by atoms with van der Waals surface area (Å²) in [7, 11) is 1.38. The lowest BCUT2D eigenvalue weighted by atomic mass is 10.1. The van der Waals surface area contributed by atoms with Crippen molar-refractivity contribution in [2.75, 3.05) is 20.3 Å². The number of hydrogen-bond acceptors (Lipinski definition) is 5. The molecule has 27 heavy (non-hydrogen) atoms. The van der Waals surface area contributed by atoms with E-state index in [-0.39, 0.29) is 18.5 Å². The van der Waals surface area contributed by atoms with Gasteiger partial charge in [-0.05, 0) is 42.7 Å². The lowest BCUT2D eigenvalue weighted by Crippen LogP contribution is -2.16. The fraction of sp³-hybridized carbons (Fsp3) is 0.381. The van der Waals surface area contributed by atoms with E-state index in [4.69, 9.17) is 18.9 Å². The van der Waals surface area contributed by atoms with Crippen LogP contribution in [0.1, 0.15) is 24.0 Å². The number of hydrogen-bond donors (Lipinski definition) is 0. The summed E-state index contributed by atoms with van der Waals surface area (Å²) in [6, 6.07) is 13.4. The first-order valence-electron chi connectivity index (χ1n) is 8.95. The van der Waals surface area contributed by atoms with E-state index in [1.165, 1.54) is 7.11 Å². The van der Waals surface area contributed by atoms with Crippen LogP contribution >= 0.6 is 15.9 Å². The van der Waals surface area contributed by atoms with Crippen molar-refractivity contribution in [3.8, 4) is 11.5 Å². The molecule has 0 radical (unpaired) electrons. The lowest BCUT2D eigenvalue weighted by molar-refractivity contribution is -0.139. The Labute approximate surface area is 167 Å².